The summed E-state index contributed by atoms with van der Waals surface area (Å²) in [4.78, 5) is 0. The minimum atomic E-state index is -0.465. The van der Waals surface area contributed by atoms with Crippen LogP contribution in [0, 0.1) is 10.6 Å². The summed E-state index contributed by atoms with van der Waals surface area (Å²) in [5.74, 6) is -1.06. The Morgan fingerprint density at radius 1 is 1.29 bits per heavy atom. The van der Waals surface area contributed by atoms with Crippen LogP contribution in [-0.4, -0.2) is 31.3 Å². The van der Waals surface area contributed by atoms with E-state index in [0.717, 1.165) is 0 Å². The highest BCUT2D eigenvalue weighted by Gasteiger charge is 2.12. The Morgan fingerprint density at radius 2 is 2.04 bits per heavy atom. The first-order chi connectivity index (χ1) is 11.5. The van der Waals surface area contributed by atoms with Crippen molar-refractivity contribution in [1.82, 2.24) is 14.9 Å². The third-order valence-electron chi connectivity index (χ3n) is 3.15. The second kappa shape index (κ2) is 6.42. The van der Waals surface area contributed by atoms with Gasteiger partial charge in [-0.3, -0.25) is 0 Å². The molecule has 0 aliphatic carbocycles. The molecule has 3 aromatic rings. The van der Waals surface area contributed by atoms with Crippen molar-refractivity contribution in [2.75, 3.05) is 0 Å². The molecule has 1 aromatic heterocycles. The van der Waals surface area contributed by atoms with E-state index in [1.807, 2.05) is 0 Å². The molecule has 1 heterocycles. The molecule has 0 saturated carbocycles. The van der Waals surface area contributed by atoms with E-state index in [-0.39, 0.29) is 26.9 Å². The molecule has 6 nitrogen and oxygen atoms in total. The Hall–Kier alpha value is -2.71. The van der Waals surface area contributed by atoms with Gasteiger partial charge in [0.15, 0.2) is 17.3 Å². The van der Waals surface area contributed by atoms with Gasteiger partial charge >= 0.3 is 0 Å². The largest absolute Gasteiger partial charge is 0.504 e. The lowest BCUT2D eigenvalue weighted by Crippen LogP contribution is -1.96. The third kappa shape index (κ3) is 3.01. The van der Waals surface area contributed by atoms with Gasteiger partial charge in [0.25, 0.3) is 0 Å². The van der Waals surface area contributed by atoms with Crippen LogP contribution in [0.25, 0.3) is 11.4 Å². The van der Waals surface area contributed by atoms with Crippen molar-refractivity contribution >= 4 is 30.0 Å². The lowest BCUT2D eigenvalue weighted by molar-refractivity contribution is 0.404. The van der Waals surface area contributed by atoms with Gasteiger partial charge in [-0.05, 0) is 42.0 Å². The number of phenolic OH excluding ortho intramolecular Hbond substituents is 2. The number of halogens is 2. The van der Waals surface area contributed by atoms with Gasteiger partial charge in [0.2, 0.25) is 4.77 Å². The van der Waals surface area contributed by atoms with E-state index in [9.17, 15) is 14.6 Å². The summed E-state index contributed by atoms with van der Waals surface area (Å²) in [6, 6.07) is 8.77. The molecule has 3 rings (SSSR count). The van der Waals surface area contributed by atoms with E-state index in [1.165, 1.54) is 29.1 Å². The van der Waals surface area contributed by atoms with Crippen molar-refractivity contribution in [3.05, 3.63) is 57.6 Å². The number of aromatic hydroxyl groups is 2. The van der Waals surface area contributed by atoms with Crippen molar-refractivity contribution in [2.24, 2.45) is 5.10 Å². The molecular formula is C15H10ClFN4O2S. The van der Waals surface area contributed by atoms with Crippen LogP contribution >= 0.6 is 23.8 Å². The zero-order valence-electron chi connectivity index (χ0n) is 11.9. The monoisotopic (exact) mass is 364 g/mol. The van der Waals surface area contributed by atoms with Crippen molar-refractivity contribution in [1.29, 1.82) is 0 Å². The number of hydrogen-bond donors (Lipinski definition) is 3. The highest BCUT2D eigenvalue weighted by Crippen LogP contribution is 2.33. The number of hydrogen-bond acceptors (Lipinski definition) is 5. The molecule has 0 aliphatic rings. The highest BCUT2D eigenvalue weighted by molar-refractivity contribution is 7.71. The molecule has 0 fully saturated rings. The Morgan fingerprint density at radius 3 is 2.75 bits per heavy atom. The molecule has 0 unspecified atom stereocenters. The number of benzene rings is 2. The lowest BCUT2D eigenvalue weighted by atomic mass is 10.2. The molecule has 0 bridgehead atoms. The molecular weight excluding hydrogens is 355 g/mol. The second-order valence-electron chi connectivity index (χ2n) is 4.76. The van der Waals surface area contributed by atoms with Gasteiger partial charge in [-0.25, -0.2) is 9.49 Å². The third-order valence-corrected chi connectivity index (χ3v) is 3.71. The predicted molar refractivity (Wildman–Crippen MR) is 90.6 cm³/mol. The number of phenols is 2. The van der Waals surface area contributed by atoms with E-state index >= 15 is 0 Å². The summed E-state index contributed by atoms with van der Waals surface area (Å²) in [6.45, 7) is 0. The fourth-order valence-electron chi connectivity index (χ4n) is 2.02. The van der Waals surface area contributed by atoms with Gasteiger partial charge < -0.3 is 10.2 Å². The first kappa shape index (κ1) is 16.2. The molecule has 2 aromatic carbocycles. The smallest absolute Gasteiger partial charge is 0.216 e. The summed E-state index contributed by atoms with van der Waals surface area (Å²) in [7, 11) is 0. The maximum Gasteiger partial charge on any atom is 0.216 e. The Kier molecular flexibility index (Phi) is 4.32. The van der Waals surface area contributed by atoms with Gasteiger partial charge in [0.05, 0.1) is 16.8 Å². The van der Waals surface area contributed by atoms with Crippen molar-refractivity contribution < 1.29 is 14.6 Å². The van der Waals surface area contributed by atoms with Crippen molar-refractivity contribution in [3.63, 3.8) is 0 Å². The lowest BCUT2D eigenvalue weighted by Gasteiger charge is -2.03. The van der Waals surface area contributed by atoms with Gasteiger partial charge in [0.1, 0.15) is 5.82 Å². The molecule has 0 spiro atoms. The molecule has 24 heavy (non-hydrogen) atoms. The van der Waals surface area contributed by atoms with E-state index in [2.05, 4.69) is 15.3 Å². The zero-order valence-corrected chi connectivity index (χ0v) is 13.5. The molecule has 3 N–H and O–H groups in total. The normalized spacial score (nSPS) is 11.2. The van der Waals surface area contributed by atoms with Crippen LogP contribution in [0.15, 0.2) is 41.5 Å². The van der Waals surface area contributed by atoms with Crippen LogP contribution in [0.4, 0.5) is 4.39 Å². The Bertz CT molecular complexity index is 976. The second-order valence-corrected chi connectivity index (χ2v) is 5.55. The first-order valence-corrected chi connectivity index (χ1v) is 7.44. The molecule has 0 atom stereocenters. The van der Waals surface area contributed by atoms with Crippen LogP contribution in [0.3, 0.4) is 0 Å². The Labute approximate surface area is 145 Å². The molecule has 122 valence electrons. The maximum absolute atomic E-state index is 13.9. The molecule has 0 aliphatic heterocycles. The SMILES string of the molecule is Oc1cc(/C=N/n2c(-c3ccccc3F)n[nH]c2=S)cc(Cl)c1O. The molecule has 9 heteroatoms. The minimum absolute atomic E-state index is 0.0263. The summed E-state index contributed by atoms with van der Waals surface area (Å²) in [5, 5.41) is 29.7. The number of aromatic amines is 1. The van der Waals surface area contributed by atoms with E-state index in [0.29, 0.717) is 5.56 Å². The quantitative estimate of drug-likeness (QED) is 0.376. The van der Waals surface area contributed by atoms with Crippen LogP contribution in [0.5, 0.6) is 11.5 Å². The van der Waals surface area contributed by atoms with Crippen LogP contribution in [0.2, 0.25) is 5.02 Å². The van der Waals surface area contributed by atoms with Gasteiger partial charge in [-0.1, -0.05) is 23.7 Å². The van der Waals surface area contributed by atoms with Gasteiger partial charge in [-0.2, -0.15) is 14.9 Å². The number of aromatic nitrogens is 3. The van der Waals surface area contributed by atoms with Gasteiger partial charge in [0, 0.05) is 0 Å². The topological polar surface area (TPSA) is 86.4 Å². The molecule has 0 radical (unpaired) electrons. The van der Waals surface area contributed by atoms with E-state index < -0.39 is 11.6 Å². The fourth-order valence-corrected chi connectivity index (χ4v) is 2.42. The molecule has 0 amide bonds. The van der Waals surface area contributed by atoms with Crippen molar-refractivity contribution in [3.8, 4) is 22.9 Å². The van der Waals surface area contributed by atoms with E-state index in [4.69, 9.17) is 23.8 Å². The average Bonchev–Trinajstić information content (AvgIpc) is 2.91. The van der Waals surface area contributed by atoms with E-state index in [1.54, 1.807) is 18.2 Å². The van der Waals surface area contributed by atoms with Crippen LogP contribution in [0.1, 0.15) is 5.56 Å². The van der Waals surface area contributed by atoms with Crippen LogP contribution in [-0.2, 0) is 0 Å². The summed E-state index contributed by atoms with van der Waals surface area (Å²) < 4.78 is 15.4. The predicted octanol–water partition coefficient (Wildman–Crippen LogP) is 3.69. The summed E-state index contributed by atoms with van der Waals surface area (Å²) in [6.07, 6.45) is 1.35. The van der Waals surface area contributed by atoms with Crippen LogP contribution < -0.4 is 0 Å². The van der Waals surface area contributed by atoms with Gasteiger partial charge in [-0.15, -0.1) is 0 Å². The number of rotatable bonds is 3. The number of nitrogens with one attached hydrogen (secondary N) is 1. The number of H-pyrrole nitrogens is 1. The maximum atomic E-state index is 13.9. The number of nitrogens with zero attached hydrogens (tertiary/aromatic N) is 3. The zero-order chi connectivity index (χ0) is 17.3. The average molecular weight is 365 g/mol. The van der Waals surface area contributed by atoms with Crippen molar-refractivity contribution in [2.45, 2.75) is 0 Å². The Balaban J connectivity index is 2.04. The first-order valence-electron chi connectivity index (χ1n) is 6.65. The minimum Gasteiger partial charge on any atom is -0.504 e. The summed E-state index contributed by atoms with van der Waals surface area (Å²) >= 11 is 10.9. The summed E-state index contributed by atoms with van der Waals surface area (Å²) in [5.41, 5.74) is 0.645. The molecule has 0 saturated heterocycles. The fraction of sp³-hybridized carbons (Fsp3) is 0. The standard InChI is InChI=1S/C15H10ClFN4O2S/c16-10-5-8(6-12(22)13(10)23)7-18-21-14(19-20-15(21)24)9-3-1-2-4-11(9)17/h1-7,22-23H,(H,20,24)/b18-7+. The highest BCUT2D eigenvalue weighted by atomic mass is 35.5.